The number of nitrogens with zero attached hydrogens (tertiary/aromatic N) is 1. The van der Waals surface area contributed by atoms with Gasteiger partial charge < -0.3 is 10.2 Å². The fourth-order valence-corrected chi connectivity index (χ4v) is 3.57. The fourth-order valence-electron chi connectivity index (χ4n) is 3.57. The first-order valence-corrected chi connectivity index (χ1v) is 7.73. The molecule has 2 aliphatic rings. The Balaban J connectivity index is 1.70. The second-order valence-electron chi connectivity index (χ2n) is 6.17. The summed E-state index contributed by atoms with van der Waals surface area (Å²) < 4.78 is 0. The molecule has 1 unspecified atom stereocenters. The standard InChI is InChI=1S/C15H30N2/c1-3-13-7-9-15(10-8-13)17(2)12-14-6-4-5-11-16-14/h13-16H,3-12H2,1-2H3. The fraction of sp³-hybridized carbons (Fsp3) is 1.00. The number of nitrogens with one attached hydrogen (secondary N) is 1. The van der Waals surface area contributed by atoms with Gasteiger partial charge in [0.15, 0.2) is 0 Å². The quantitative estimate of drug-likeness (QED) is 0.810. The average Bonchev–Trinajstić information content (AvgIpc) is 2.40. The molecule has 1 saturated carbocycles. The van der Waals surface area contributed by atoms with E-state index in [1.165, 1.54) is 64.5 Å². The molecule has 0 aromatic heterocycles. The first kappa shape index (κ1) is 13.4. The predicted molar refractivity (Wildman–Crippen MR) is 74.3 cm³/mol. The molecule has 0 aromatic carbocycles. The summed E-state index contributed by atoms with van der Waals surface area (Å²) in [6, 6.07) is 1.62. The van der Waals surface area contributed by atoms with Crippen LogP contribution < -0.4 is 5.32 Å². The molecule has 1 aliphatic heterocycles. The molecule has 0 bridgehead atoms. The van der Waals surface area contributed by atoms with Crippen molar-refractivity contribution in [3.05, 3.63) is 0 Å². The zero-order valence-electron chi connectivity index (χ0n) is 11.8. The zero-order valence-corrected chi connectivity index (χ0v) is 11.8. The molecule has 2 rings (SSSR count). The maximum atomic E-state index is 3.67. The maximum absolute atomic E-state index is 3.67. The van der Waals surface area contributed by atoms with Crippen molar-refractivity contribution in [1.29, 1.82) is 0 Å². The molecule has 1 N–H and O–H groups in total. The van der Waals surface area contributed by atoms with Crippen LogP contribution in [0.4, 0.5) is 0 Å². The number of likely N-dealkylation sites (N-methyl/N-ethyl adjacent to an activating group) is 1. The van der Waals surface area contributed by atoms with Gasteiger partial charge in [0, 0.05) is 18.6 Å². The van der Waals surface area contributed by atoms with Gasteiger partial charge in [0.05, 0.1) is 0 Å². The van der Waals surface area contributed by atoms with Crippen LogP contribution in [0.2, 0.25) is 0 Å². The van der Waals surface area contributed by atoms with Crippen molar-refractivity contribution in [2.75, 3.05) is 20.1 Å². The first-order valence-electron chi connectivity index (χ1n) is 7.73. The number of hydrogen-bond acceptors (Lipinski definition) is 2. The van der Waals surface area contributed by atoms with E-state index in [0.717, 1.165) is 18.0 Å². The van der Waals surface area contributed by atoms with Crippen LogP contribution in [-0.4, -0.2) is 37.1 Å². The van der Waals surface area contributed by atoms with E-state index in [1.807, 2.05) is 0 Å². The molecule has 2 heteroatoms. The molecule has 0 radical (unpaired) electrons. The highest BCUT2D eigenvalue weighted by Crippen LogP contribution is 2.29. The van der Waals surface area contributed by atoms with Gasteiger partial charge in [0.2, 0.25) is 0 Å². The van der Waals surface area contributed by atoms with E-state index in [9.17, 15) is 0 Å². The molecule has 17 heavy (non-hydrogen) atoms. The normalized spacial score (nSPS) is 35.1. The third-order valence-electron chi connectivity index (χ3n) is 4.94. The van der Waals surface area contributed by atoms with E-state index in [2.05, 4.69) is 24.2 Å². The minimum atomic E-state index is 0.762. The Morgan fingerprint density at radius 1 is 1.06 bits per heavy atom. The van der Waals surface area contributed by atoms with Gasteiger partial charge in [0.25, 0.3) is 0 Å². The van der Waals surface area contributed by atoms with Gasteiger partial charge in [-0.25, -0.2) is 0 Å². The van der Waals surface area contributed by atoms with Crippen LogP contribution in [0.3, 0.4) is 0 Å². The summed E-state index contributed by atoms with van der Waals surface area (Å²) in [5, 5.41) is 3.67. The lowest BCUT2D eigenvalue weighted by molar-refractivity contribution is 0.145. The van der Waals surface area contributed by atoms with Gasteiger partial charge in [-0.1, -0.05) is 19.8 Å². The summed E-state index contributed by atoms with van der Waals surface area (Å²) in [4.78, 5) is 2.63. The van der Waals surface area contributed by atoms with Crippen LogP contribution in [0.15, 0.2) is 0 Å². The molecule has 2 nitrogen and oxygen atoms in total. The van der Waals surface area contributed by atoms with Gasteiger partial charge in [-0.15, -0.1) is 0 Å². The third-order valence-corrected chi connectivity index (χ3v) is 4.94. The Morgan fingerprint density at radius 2 is 1.82 bits per heavy atom. The Morgan fingerprint density at radius 3 is 2.41 bits per heavy atom. The van der Waals surface area contributed by atoms with E-state index in [-0.39, 0.29) is 0 Å². The van der Waals surface area contributed by atoms with E-state index in [4.69, 9.17) is 0 Å². The third kappa shape index (κ3) is 3.96. The summed E-state index contributed by atoms with van der Waals surface area (Å²) in [7, 11) is 2.34. The summed E-state index contributed by atoms with van der Waals surface area (Å²) in [6.07, 6.45) is 11.4. The van der Waals surface area contributed by atoms with Crippen molar-refractivity contribution in [1.82, 2.24) is 10.2 Å². The number of piperidine rings is 1. The number of hydrogen-bond donors (Lipinski definition) is 1. The van der Waals surface area contributed by atoms with Gasteiger partial charge in [0.1, 0.15) is 0 Å². The highest BCUT2D eigenvalue weighted by Gasteiger charge is 2.24. The molecule has 0 spiro atoms. The maximum Gasteiger partial charge on any atom is 0.0195 e. The van der Waals surface area contributed by atoms with Crippen molar-refractivity contribution in [3.63, 3.8) is 0 Å². The summed E-state index contributed by atoms with van der Waals surface area (Å²) in [5.74, 6) is 1.02. The minimum Gasteiger partial charge on any atom is -0.313 e. The van der Waals surface area contributed by atoms with Crippen LogP contribution in [0.25, 0.3) is 0 Å². The molecule has 1 atom stereocenters. The highest BCUT2D eigenvalue weighted by molar-refractivity contribution is 4.82. The van der Waals surface area contributed by atoms with Crippen LogP contribution >= 0.6 is 0 Å². The molecular weight excluding hydrogens is 208 g/mol. The highest BCUT2D eigenvalue weighted by atomic mass is 15.2. The van der Waals surface area contributed by atoms with E-state index < -0.39 is 0 Å². The average molecular weight is 238 g/mol. The lowest BCUT2D eigenvalue weighted by Crippen LogP contribution is -2.46. The molecule has 0 aromatic rings. The van der Waals surface area contributed by atoms with Crippen LogP contribution in [0, 0.1) is 5.92 Å². The molecular formula is C15H30N2. The molecule has 1 saturated heterocycles. The van der Waals surface area contributed by atoms with Crippen molar-refractivity contribution in [2.24, 2.45) is 5.92 Å². The summed E-state index contributed by atoms with van der Waals surface area (Å²) >= 11 is 0. The van der Waals surface area contributed by atoms with Crippen molar-refractivity contribution in [2.45, 2.75) is 70.4 Å². The van der Waals surface area contributed by atoms with Crippen molar-refractivity contribution >= 4 is 0 Å². The Bertz CT molecular complexity index is 203. The van der Waals surface area contributed by atoms with Gasteiger partial charge in [-0.2, -0.15) is 0 Å². The largest absolute Gasteiger partial charge is 0.313 e. The minimum absolute atomic E-state index is 0.762. The Kier molecular flexibility index (Phi) is 5.30. The number of rotatable bonds is 4. The second-order valence-corrected chi connectivity index (χ2v) is 6.17. The summed E-state index contributed by atoms with van der Waals surface area (Å²) in [6.45, 7) is 4.85. The SMILES string of the molecule is CCC1CCC(N(C)CC2CCCCN2)CC1. The Labute approximate surface area is 107 Å². The van der Waals surface area contributed by atoms with E-state index in [0.29, 0.717) is 0 Å². The topological polar surface area (TPSA) is 15.3 Å². The van der Waals surface area contributed by atoms with Gasteiger partial charge >= 0.3 is 0 Å². The van der Waals surface area contributed by atoms with Gasteiger partial charge in [-0.3, -0.25) is 0 Å². The van der Waals surface area contributed by atoms with Crippen LogP contribution in [0.1, 0.15) is 58.3 Å². The smallest absolute Gasteiger partial charge is 0.0195 e. The lowest BCUT2D eigenvalue weighted by atomic mass is 9.84. The Hall–Kier alpha value is -0.0800. The predicted octanol–water partition coefficient (Wildman–Crippen LogP) is 3.03. The molecule has 2 fully saturated rings. The molecule has 1 heterocycles. The van der Waals surface area contributed by atoms with Crippen LogP contribution in [-0.2, 0) is 0 Å². The van der Waals surface area contributed by atoms with Gasteiger partial charge in [-0.05, 0) is 58.0 Å². The molecule has 100 valence electrons. The van der Waals surface area contributed by atoms with Crippen molar-refractivity contribution < 1.29 is 0 Å². The first-order chi connectivity index (χ1) is 8.29. The van der Waals surface area contributed by atoms with Crippen molar-refractivity contribution in [3.8, 4) is 0 Å². The molecule has 0 amide bonds. The zero-order chi connectivity index (χ0) is 12.1. The summed E-state index contributed by atoms with van der Waals surface area (Å²) in [5.41, 5.74) is 0. The van der Waals surface area contributed by atoms with E-state index >= 15 is 0 Å². The second kappa shape index (κ2) is 6.75. The van der Waals surface area contributed by atoms with E-state index in [1.54, 1.807) is 0 Å². The molecule has 1 aliphatic carbocycles. The lowest BCUT2D eigenvalue weighted by Gasteiger charge is -2.37. The monoisotopic (exact) mass is 238 g/mol. The van der Waals surface area contributed by atoms with Crippen LogP contribution in [0.5, 0.6) is 0 Å².